The van der Waals surface area contributed by atoms with Gasteiger partial charge in [-0.1, -0.05) is 41.9 Å². The number of ether oxygens (including phenoxy) is 1. The summed E-state index contributed by atoms with van der Waals surface area (Å²) in [7, 11) is 0. The third-order valence-corrected chi connectivity index (χ3v) is 4.89. The maximum absolute atomic E-state index is 12.9. The molecule has 0 aliphatic rings. The molecule has 28 heavy (non-hydrogen) atoms. The predicted molar refractivity (Wildman–Crippen MR) is 114 cm³/mol. The van der Waals surface area contributed by atoms with Gasteiger partial charge in [-0.2, -0.15) is 0 Å². The Morgan fingerprint density at radius 2 is 1.82 bits per heavy atom. The Kier molecular flexibility index (Phi) is 8.33. The molecule has 0 aliphatic carbocycles. The zero-order valence-corrected chi connectivity index (χ0v) is 18.5. The molecule has 0 unspecified atom stereocenters. The van der Waals surface area contributed by atoms with Crippen LogP contribution >= 0.6 is 27.5 Å². The maximum Gasteiger partial charge on any atom is 0.261 e. The SMILES string of the molecule is CC(C)NC(=O)[C@@H](C)N(Cc1ccccc1)C(=O)COc1ccc(Cl)cc1Br. The minimum Gasteiger partial charge on any atom is -0.483 e. The van der Waals surface area contributed by atoms with Crippen LogP contribution in [0.3, 0.4) is 0 Å². The van der Waals surface area contributed by atoms with Gasteiger partial charge in [-0.05, 0) is 60.5 Å². The maximum atomic E-state index is 12.9. The summed E-state index contributed by atoms with van der Waals surface area (Å²) in [5, 5.41) is 3.42. The number of nitrogens with one attached hydrogen (secondary N) is 1. The van der Waals surface area contributed by atoms with Gasteiger partial charge in [0, 0.05) is 17.6 Å². The highest BCUT2D eigenvalue weighted by Gasteiger charge is 2.27. The molecule has 2 aromatic carbocycles. The Balaban J connectivity index is 2.14. The summed E-state index contributed by atoms with van der Waals surface area (Å²) in [6, 6.07) is 14.0. The Morgan fingerprint density at radius 3 is 2.43 bits per heavy atom. The number of hydrogen-bond donors (Lipinski definition) is 1. The van der Waals surface area contributed by atoms with E-state index in [-0.39, 0.29) is 24.5 Å². The Bertz CT molecular complexity index is 815. The van der Waals surface area contributed by atoms with Crippen LogP contribution in [0.5, 0.6) is 5.75 Å². The summed E-state index contributed by atoms with van der Waals surface area (Å²) in [6.45, 7) is 5.62. The predicted octanol–water partition coefficient (Wildman–Crippen LogP) is 4.42. The van der Waals surface area contributed by atoms with E-state index in [0.29, 0.717) is 21.8 Å². The quantitative estimate of drug-likeness (QED) is 0.625. The average Bonchev–Trinajstić information content (AvgIpc) is 2.65. The minimum atomic E-state index is -0.632. The third kappa shape index (κ3) is 6.53. The van der Waals surface area contributed by atoms with E-state index in [4.69, 9.17) is 16.3 Å². The van der Waals surface area contributed by atoms with E-state index in [9.17, 15) is 9.59 Å². The normalized spacial score (nSPS) is 11.8. The molecular weight excluding hydrogens is 444 g/mol. The van der Waals surface area contributed by atoms with Gasteiger partial charge in [0.25, 0.3) is 5.91 Å². The number of hydrogen-bond acceptors (Lipinski definition) is 3. The average molecular weight is 468 g/mol. The van der Waals surface area contributed by atoms with Crippen molar-refractivity contribution in [2.45, 2.75) is 39.4 Å². The molecule has 0 spiro atoms. The van der Waals surface area contributed by atoms with E-state index >= 15 is 0 Å². The standard InChI is InChI=1S/C21H24BrClN2O3/c1-14(2)24-21(27)15(3)25(12-16-7-5-4-6-8-16)20(26)13-28-19-10-9-17(23)11-18(19)22/h4-11,14-15H,12-13H2,1-3H3,(H,24,27)/t15-/m1/s1. The molecule has 5 nitrogen and oxygen atoms in total. The molecule has 2 rings (SSSR count). The lowest BCUT2D eigenvalue weighted by Crippen LogP contribution is -2.50. The fourth-order valence-electron chi connectivity index (χ4n) is 2.58. The highest BCUT2D eigenvalue weighted by molar-refractivity contribution is 9.10. The van der Waals surface area contributed by atoms with Gasteiger partial charge in [-0.25, -0.2) is 0 Å². The monoisotopic (exact) mass is 466 g/mol. The molecule has 150 valence electrons. The van der Waals surface area contributed by atoms with Crippen molar-refractivity contribution in [3.63, 3.8) is 0 Å². The largest absolute Gasteiger partial charge is 0.483 e. The van der Waals surface area contributed by atoms with E-state index < -0.39 is 6.04 Å². The second-order valence-corrected chi connectivity index (χ2v) is 8.00. The number of amides is 2. The number of carbonyl (C=O) groups excluding carboxylic acids is 2. The van der Waals surface area contributed by atoms with Gasteiger partial charge in [0.1, 0.15) is 11.8 Å². The van der Waals surface area contributed by atoms with Crippen LogP contribution in [0.2, 0.25) is 5.02 Å². The first-order valence-corrected chi connectivity index (χ1v) is 10.2. The number of nitrogens with zero attached hydrogens (tertiary/aromatic N) is 1. The van der Waals surface area contributed by atoms with E-state index in [1.807, 2.05) is 44.2 Å². The van der Waals surface area contributed by atoms with Crippen molar-refractivity contribution < 1.29 is 14.3 Å². The van der Waals surface area contributed by atoms with Crippen molar-refractivity contribution in [1.29, 1.82) is 0 Å². The van der Waals surface area contributed by atoms with Gasteiger partial charge >= 0.3 is 0 Å². The van der Waals surface area contributed by atoms with Crippen molar-refractivity contribution in [1.82, 2.24) is 10.2 Å². The first kappa shape index (κ1) is 22.2. The highest BCUT2D eigenvalue weighted by Crippen LogP contribution is 2.28. The van der Waals surface area contributed by atoms with Crippen molar-refractivity contribution in [3.05, 3.63) is 63.6 Å². The van der Waals surface area contributed by atoms with Crippen LogP contribution in [0.1, 0.15) is 26.3 Å². The van der Waals surface area contributed by atoms with Crippen LogP contribution in [0.25, 0.3) is 0 Å². The fourth-order valence-corrected chi connectivity index (χ4v) is 3.38. The number of carbonyl (C=O) groups is 2. The lowest BCUT2D eigenvalue weighted by molar-refractivity contribution is -0.142. The van der Waals surface area contributed by atoms with E-state index in [1.165, 1.54) is 4.90 Å². The molecule has 0 radical (unpaired) electrons. The Labute approximate surface area is 179 Å². The van der Waals surface area contributed by atoms with E-state index in [1.54, 1.807) is 25.1 Å². The summed E-state index contributed by atoms with van der Waals surface area (Å²) in [4.78, 5) is 26.9. The molecule has 1 N–H and O–H groups in total. The van der Waals surface area contributed by atoms with Gasteiger partial charge in [-0.15, -0.1) is 0 Å². The van der Waals surface area contributed by atoms with Crippen LogP contribution in [0, 0.1) is 0 Å². The van der Waals surface area contributed by atoms with Gasteiger partial charge < -0.3 is 15.0 Å². The molecule has 0 saturated heterocycles. The van der Waals surface area contributed by atoms with E-state index in [0.717, 1.165) is 5.56 Å². The molecule has 2 aromatic rings. The second kappa shape index (κ2) is 10.5. The Morgan fingerprint density at radius 1 is 1.14 bits per heavy atom. The molecule has 7 heteroatoms. The Hall–Kier alpha value is -2.05. The smallest absolute Gasteiger partial charge is 0.261 e. The summed E-state index contributed by atoms with van der Waals surface area (Å²) in [6.07, 6.45) is 0. The summed E-state index contributed by atoms with van der Waals surface area (Å²) in [5.41, 5.74) is 0.938. The van der Waals surface area contributed by atoms with Gasteiger partial charge in [0.15, 0.2) is 6.61 Å². The first-order valence-electron chi connectivity index (χ1n) is 8.99. The zero-order chi connectivity index (χ0) is 20.7. The molecule has 0 aromatic heterocycles. The fraction of sp³-hybridized carbons (Fsp3) is 0.333. The molecule has 1 atom stereocenters. The second-order valence-electron chi connectivity index (χ2n) is 6.71. The van der Waals surface area contributed by atoms with E-state index in [2.05, 4.69) is 21.2 Å². The summed E-state index contributed by atoms with van der Waals surface area (Å²) >= 11 is 9.30. The lowest BCUT2D eigenvalue weighted by atomic mass is 10.1. The van der Waals surface area contributed by atoms with Crippen LogP contribution < -0.4 is 10.1 Å². The number of halogens is 2. The van der Waals surface area contributed by atoms with Crippen LogP contribution in [-0.2, 0) is 16.1 Å². The molecule has 0 saturated carbocycles. The van der Waals surface area contributed by atoms with Gasteiger partial charge in [-0.3, -0.25) is 9.59 Å². The van der Waals surface area contributed by atoms with Crippen molar-refractivity contribution in [3.8, 4) is 5.75 Å². The van der Waals surface area contributed by atoms with Crippen LogP contribution in [0.15, 0.2) is 53.0 Å². The number of benzene rings is 2. The van der Waals surface area contributed by atoms with Gasteiger partial charge in [0.05, 0.1) is 4.47 Å². The molecule has 0 heterocycles. The molecule has 0 aliphatic heterocycles. The highest BCUT2D eigenvalue weighted by atomic mass is 79.9. The summed E-state index contributed by atoms with van der Waals surface area (Å²) < 4.78 is 6.32. The van der Waals surface area contributed by atoms with Crippen molar-refractivity contribution in [2.24, 2.45) is 0 Å². The minimum absolute atomic E-state index is 0.00935. The number of rotatable bonds is 8. The van der Waals surface area contributed by atoms with Crippen LogP contribution in [0.4, 0.5) is 0 Å². The first-order chi connectivity index (χ1) is 13.3. The molecule has 0 fully saturated rings. The third-order valence-electron chi connectivity index (χ3n) is 4.04. The molecule has 2 amide bonds. The summed E-state index contributed by atoms with van der Waals surface area (Å²) in [5.74, 6) is 0.0285. The zero-order valence-electron chi connectivity index (χ0n) is 16.1. The topological polar surface area (TPSA) is 58.6 Å². The van der Waals surface area contributed by atoms with Crippen molar-refractivity contribution >= 4 is 39.3 Å². The van der Waals surface area contributed by atoms with Crippen molar-refractivity contribution in [2.75, 3.05) is 6.61 Å². The van der Waals surface area contributed by atoms with Crippen LogP contribution in [-0.4, -0.2) is 35.4 Å². The molecular formula is C21H24BrClN2O3. The van der Waals surface area contributed by atoms with Gasteiger partial charge in [0.2, 0.25) is 5.91 Å². The molecule has 0 bridgehead atoms. The lowest BCUT2D eigenvalue weighted by Gasteiger charge is -2.29.